The Morgan fingerprint density at radius 1 is 1.16 bits per heavy atom. The molecule has 5 heteroatoms. The Bertz CT molecular complexity index is 746. The Morgan fingerprint density at radius 2 is 1.88 bits per heavy atom. The average molecular weight is 338 g/mol. The minimum Gasteiger partial charge on any atom is -0.493 e. The van der Waals surface area contributed by atoms with Gasteiger partial charge in [0, 0.05) is 31.1 Å². The van der Waals surface area contributed by atoms with Gasteiger partial charge in [0.05, 0.1) is 12.2 Å². The van der Waals surface area contributed by atoms with E-state index in [4.69, 9.17) is 4.74 Å². The standard InChI is InChI=1S/C20H22N2O3/c1-2-25-18-11-7-6-10-17(18)20(24)21-13-15-12-19(23)22(14-15)16-8-4-3-5-9-16/h3-11,15H,2,12-14H2,1H3,(H,21,24). The zero-order valence-corrected chi connectivity index (χ0v) is 14.3. The van der Waals surface area contributed by atoms with Crippen molar-refractivity contribution >= 4 is 17.5 Å². The second kappa shape index (κ2) is 7.83. The first-order chi connectivity index (χ1) is 12.2. The third kappa shape index (κ3) is 3.99. The maximum Gasteiger partial charge on any atom is 0.255 e. The number of carbonyl (C=O) groups excluding carboxylic acids is 2. The number of nitrogens with zero attached hydrogens (tertiary/aromatic N) is 1. The molecule has 5 nitrogen and oxygen atoms in total. The summed E-state index contributed by atoms with van der Waals surface area (Å²) in [4.78, 5) is 26.5. The first-order valence-corrected chi connectivity index (χ1v) is 8.54. The molecule has 1 fully saturated rings. The topological polar surface area (TPSA) is 58.6 Å². The highest BCUT2D eigenvalue weighted by atomic mass is 16.5. The zero-order valence-electron chi connectivity index (χ0n) is 14.3. The van der Waals surface area contributed by atoms with Gasteiger partial charge in [0.25, 0.3) is 5.91 Å². The number of anilines is 1. The lowest BCUT2D eigenvalue weighted by molar-refractivity contribution is -0.117. The van der Waals surface area contributed by atoms with Gasteiger partial charge in [-0.3, -0.25) is 9.59 Å². The van der Waals surface area contributed by atoms with E-state index >= 15 is 0 Å². The van der Waals surface area contributed by atoms with E-state index in [1.54, 1.807) is 17.0 Å². The number of para-hydroxylation sites is 2. The second-order valence-corrected chi connectivity index (χ2v) is 6.05. The van der Waals surface area contributed by atoms with Crippen molar-refractivity contribution in [3.63, 3.8) is 0 Å². The number of hydrogen-bond acceptors (Lipinski definition) is 3. The van der Waals surface area contributed by atoms with E-state index in [1.807, 2.05) is 49.4 Å². The summed E-state index contributed by atoms with van der Waals surface area (Å²) < 4.78 is 5.50. The van der Waals surface area contributed by atoms with Crippen LogP contribution in [0.5, 0.6) is 5.75 Å². The Hall–Kier alpha value is -2.82. The van der Waals surface area contributed by atoms with E-state index in [0.717, 1.165) is 5.69 Å². The van der Waals surface area contributed by atoms with Crippen LogP contribution in [0.25, 0.3) is 0 Å². The number of rotatable bonds is 6. The van der Waals surface area contributed by atoms with Crippen LogP contribution in [0.1, 0.15) is 23.7 Å². The van der Waals surface area contributed by atoms with Crippen LogP contribution in [0.4, 0.5) is 5.69 Å². The molecule has 0 aliphatic carbocycles. The molecule has 2 amide bonds. The molecule has 130 valence electrons. The lowest BCUT2D eigenvalue weighted by atomic mass is 10.1. The molecule has 1 saturated heterocycles. The van der Waals surface area contributed by atoms with Crippen molar-refractivity contribution in [2.24, 2.45) is 5.92 Å². The first kappa shape index (κ1) is 17.0. The zero-order chi connectivity index (χ0) is 17.6. The predicted molar refractivity (Wildman–Crippen MR) is 96.8 cm³/mol. The van der Waals surface area contributed by atoms with Crippen LogP contribution in [0.3, 0.4) is 0 Å². The summed E-state index contributed by atoms with van der Waals surface area (Å²) in [5.41, 5.74) is 1.43. The molecular formula is C20H22N2O3. The van der Waals surface area contributed by atoms with Crippen molar-refractivity contribution in [3.8, 4) is 5.75 Å². The van der Waals surface area contributed by atoms with Gasteiger partial charge >= 0.3 is 0 Å². The fraction of sp³-hybridized carbons (Fsp3) is 0.300. The van der Waals surface area contributed by atoms with Crippen LogP contribution in [-0.4, -0.2) is 31.5 Å². The van der Waals surface area contributed by atoms with Crippen LogP contribution >= 0.6 is 0 Å². The van der Waals surface area contributed by atoms with Crippen LogP contribution in [0, 0.1) is 5.92 Å². The smallest absolute Gasteiger partial charge is 0.255 e. The van der Waals surface area contributed by atoms with Gasteiger partial charge in [-0.05, 0) is 31.2 Å². The summed E-state index contributed by atoms with van der Waals surface area (Å²) in [6, 6.07) is 16.8. The summed E-state index contributed by atoms with van der Waals surface area (Å²) in [7, 11) is 0. The van der Waals surface area contributed by atoms with Gasteiger partial charge in [-0.15, -0.1) is 0 Å². The van der Waals surface area contributed by atoms with Gasteiger partial charge in [-0.25, -0.2) is 0 Å². The molecule has 0 spiro atoms. The van der Waals surface area contributed by atoms with Crippen molar-refractivity contribution in [3.05, 3.63) is 60.2 Å². The van der Waals surface area contributed by atoms with Gasteiger partial charge in [-0.2, -0.15) is 0 Å². The Labute approximate surface area is 147 Å². The van der Waals surface area contributed by atoms with Crippen molar-refractivity contribution in [1.29, 1.82) is 0 Å². The van der Waals surface area contributed by atoms with Crippen molar-refractivity contribution in [1.82, 2.24) is 5.32 Å². The molecule has 0 saturated carbocycles. The average Bonchev–Trinajstić information content (AvgIpc) is 3.02. The quantitative estimate of drug-likeness (QED) is 0.881. The number of benzene rings is 2. The molecule has 1 aliphatic rings. The highest BCUT2D eigenvalue weighted by Crippen LogP contribution is 2.24. The fourth-order valence-electron chi connectivity index (χ4n) is 3.04. The molecule has 3 rings (SSSR count). The third-order valence-electron chi connectivity index (χ3n) is 4.26. The molecule has 1 unspecified atom stereocenters. The molecule has 0 radical (unpaired) electrons. The fourth-order valence-corrected chi connectivity index (χ4v) is 3.04. The second-order valence-electron chi connectivity index (χ2n) is 6.05. The van der Waals surface area contributed by atoms with Gasteiger partial charge < -0.3 is 15.0 Å². The van der Waals surface area contributed by atoms with Crippen LogP contribution in [0.2, 0.25) is 0 Å². The van der Waals surface area contributed by atoms with E-state index in [1.165, 1.54) is 0 Å². The Balaban J connectivity index is 1.59. The van der Waals surface area contributed by atoms with Gasteiger partial charge in [-0.1, -0.05) is 30.3 Å². The number of carbonyl (C=O) groups is 2. The number of nitrogens with one attached hydrogen (secondary N) is 1. The molecule has 0 aromatic heterocycles. The molecule has 1 atom stereocenters. The van der Waals surface area contributed by atoms with Gasteiger partial charge in [0.2, 0.25) is 5.91 Å². The maximum atomic E-state index is 12.4. The number of amides is 2. The first-order valence-electron chi connectivity index (χ1n) is 8.54. The molecule has 1 N–H and O–H groups in total. The minimum atomic E-state index is -0.172. The van der Waals surface area contributed by atoms with Crippen molar-refractivity contribution in [2.45, 2.75) is 13.3 Å². The minimum absolute atomic E-state index is 0.0974. The Kier molecular flexibility index (Phi) is 5.33. The largest absolute Gasteiger partial charge is 0.493 e. The van der Waals surface area contributed by atoms with Crippen LogP contribution in [0.15, 0.2) is 54.6 Å². The van der Waals surface area contributed by atoms with E-state index in [-0.39, 0.29) is 17.7 Å². The van der Waals surface area contributed by atoms with E-state index in [2.05, 4.69) is 5.32 Å². The predicted octanol–water partition coefficient (Wildman–Crippen LogP) is 2.87. The van der Waals surface area contributed by atoms with E-state index in [9.17, 15) is 9.59 Å². The Morgan fingerprint density at radius 3 is 2.64 bits per heavy atom. The molecule has 2 aromatic carbocycles. The highest BCUT2D eigenvalue weighted by molar-refractivity contribution is 5.97. The number of hydrogen-bond donors (Lipinski definition) is 1. The summed E-state index contributed by atoms with van der Waals surface area (Å²) >= 11 is 0. The van der Waals surface area contributed by atoms with Gasteiger partial charge in [0.1, 0.15) is 5.75 Å². The lowest BCUT2D eigenvalue weighted by Crippen LogP contribution is -2.31. The van der Waals surface area contributed by atoms with Crippen LogP contribution < -0.4 is 15.0 Å². The maximum absolute atomic E-state index is 12.4. The molecule has 1 aliphatic heterocycles. The highest BCUT2D eigenvalue weighted by Gasteiger charge is 2.30. The molecule has 2 aromatic rings. The molecule has 1 heterocycles. The van der Waals surface area contributed by atoms with Gasteiger partial charge in [0.15, 0.2) is 0 Å². The van der Waals surface area contributed by atoms with Crippen molar-refractivity contribution in [2.75, 3.05) is 24.6 Å². The molecule has 0 bridgehead atoms. The normalized spacial score (nSPS) is 16.8. The van der Waals surface area contributed by atoms with Crippen LogP contribution in [-0.2, 0) is 4.79 Å². The lowest BCUT2D eigenvalue weighted by Gasteiger charge is -2.17. The summed E-state index contributed by atoms with van der Waals surface area (Å²) in [5, 5.41) is 2.93. The van der Waals surface area contributed by atoms with Crippen molar-refractivity contribution < 1.29 is 14.3 Å². The summed E-state index contributed by atoms with van der Waals surface area (Å²) in [6.45, 7) is 3.48. The number of ether oxygens (including phenoxy) is 1. The SMILES string of the molecule is CCOc1ccccc1C(=O)NCC1CC(=O)N(c2ccccc2)C1. The summed E-state index contributed by atoms with van der Waals surface area (Å²) in [6.07, 6.45) is 0.447. The van der Waals surface area contributed by atoms with E-state index < -0.39 is 0 Å². The van der Waals surface area contributed by atoms with E-state index in [0.29, 0.717) is 37.4 Å². The molecular weight excluding hydrogens is 316 g/mol. The summed E-state index contributed by atoms with van der Waals surface area (Å²) in [5.74, 6) is 0.613. The third-order valence-corrected chi connectivity index (χ3v) is 4.26. The molecule has 25 heavy (non-hydrogen) atoms. The monoisotopic (exact) mass is 338 g/mol.